The third kappa shape index (κ3) is 9.04. The second-order valence-electron chi connectivity index (χ2n) is 20.8. The largest absolute Gasteiger partial charge is 0.292 e. The van der Waals surface area contributed by atoms with Gasteiger partial charge in [-0.3, -0.25) is 29.1 Å². The van der Waals surface area contributed by atoms with Crippen molar-refractivity contribution in [2.75, 3.05) is 0 Å². The molecular formula is C74H47N11. The summed E-state index contributed by atoms with van der Waals surface area (Å²) in [6.07, 6.45) is 14.8. The summed E-state index contributed by atoms with van der Waals surface area (Å²) in [7, 11) is 0. The first-order valence-corrected chi connectivity index (χ1v) is 27.9. The Morgan fingerprint density at radius 3 is 1.72 bits per heavy atom. The third-order valence-electron chi connectivity index (χ3n) is 15.8. The van der Waals surface area contributed by atoms with Crippen molar-refractivity contribution < 1.29 is 0 Å². The van der Waals surface area contributed by atoms with E-state index < -0.39 is 0 Å². The van der Waals surface area contributed by atoms with Gasteiger partial charge in [-0.05, 0) is 160 Å². The molecule has 0 radical (unpaired) electrons. The fourth-order valence-corrected chi connectivity index (χ4v) is 11.8. The molecule has 11 heteroatoms. The summed E-state index contributed by atoms with van der Waals surface area (Å²) >= 11 is 0. The molecule has 0 spiro atoms. The zero-order valence-corrected chi connectivity index (χ0v) is 45.8. The van der Waals surface area contributed by atoms with Crippen LogP contribution in [-0.4, -0.2) is 49.0 Å². The van der Waals surface area contributed by atoms with Crippen LogP contribution in [0.5, 0.6) is 0 Å². The molecule has 0 bridgehead atoms. The number of benzene rings is 6. The Morgan fingerprint density at radius 1 is 0.353 bits per heavy atom. The Hall–Kier alpha value is -11.9. The zero-order chi connectivity index (χ0) is 56.8. The van der Waals surface area contributed by atoms with Crippen molar-refractivity contribution in [3.05, 3.63) is 279 Å². The lowest BCUT2D eigenvalue weighted by Gasteiger charge is -2.13. The number of hydrogen-bond acceptors (Lipinski definition) is 9. The molecule has 6 aromatic carbocycles. The number of fused-ring (bicyclic) bond motifs is 8. The van der Waals surface area contributed by atoms with Gasteiger partial charge in [0.2, 0.25) is 0 Å². The van der Waals surface area contributed by atoms with Crippen molar-refractivity contribution in [1.82, 2.24) is 49.0 Å². The summed E-state index contributed by atoms with van der Waals surface area (Å²) < 4.78 is 4.32. The van der Waals surface area contributed by atoms with Crippen molar-refractivity contribution >= 4 is 65.3 Å². The molecule has 0 N–H and O–H groups in total. The molecule has 0 saturated heterocycles. The number of para-hydroxylation sites is 2. The Kier molecular flexibility index (Phi) is 12.5. The molecule has 85 heavy (non-hydrogen) atoms. The van der Waals surface area contributed by atoms with Gasteiger partial charge in [-0.15, -0.1) is 0 Å². The van der Waals surface area contributed by atoms with Crippen molar-refractivity contribution in [3.63, 3.8) is 0 Å². The van der Waals surface area contributed by atoms with Gasteiger partial charge in [0.15, 0.2) is 0 Å². The van der Waals surface area contributed by atoms with E-state index in [9.17, 15) is 5.26 Å². The summed E-state index contributed by atoms with van der Waals surface area (Å²) in [6.45, 7) is 2.16. The van der Waals surface area contributed by atoms with Crippen LogP contribution in [0.4, 0.5) is 0 Å². The van der Waals surface area contributed by atoms with E-state index in [1.165, 1.54) is 21.9 Å². The maximum atomic E-state index is 10.1. The Morgan fingerprint density at radius 2 is 0.965 bits per heavy atom. The summed E-state index contributed by atoms with van der Waals surface area (Å²) in [5.74, 6) is 1.65. The van der Waals surface area contributed by atoms with Crippen LogP contribution in [0.3, 0.4) is 0 Å². The predicted molar refractivity (Wildman–Crippen MR) is 341 cm³/mol. The van der Waals surface area contributed by atoms with Crippen LogP contribution in [-0.2, 0) is 0 Å². The van der Waals surface area contributed by atoms with E-state index in [2.05, 4.69) is 157 Å². The molecule has 0 unspecified atom stereocenters. The van der Waals surface area contributed by atoms with Crippen LogP contribution < -0.4 is 0 Å². The van der Waals surface area contributed by atoms with Gasteiger partial charge in [0.25, 0.3) is 0 Å². The summed E-state index contributed by atoms with van der Waals surface area (Å²) in [4.78, 5) is 38.0. The molecule has 0 amide bonds. The maximum Gasteiger partial charge on any atom is 0.137 e. The minimum atomic E-state index is 0.573. The van der Waals surface area contributed by atoms with Gasteiger partial charge < -0.3 is 0 Å². The van der Waals surface area contributed by atoms with Crippen molar-refractivity contribution in [1.29, 1.82) is 5.26 Å². The first kappa shape index (κ1) is 50.1. The molecule has 0 aliphatic carbocycles. The number of hydrogen-bond donors (Lipinski definition) is 0. The summed E-state index contributed by atoms with van der Waals surface area (Å²) in [5, 5.41) is 18.0. The zero-order valence-electron chi connectivity index (χ0n) is 45.8. The third-order valence-corrected chi connectivity index (χ3v) is 15.8. The second-order valence-corrected chi connectivity index (χ2v) is 20.8. The van der Waals surface area contributed by atoms with Crippen LogP contribution >= 0.6 is 0 Å². The molecule has 0 atom stereocenters. The highest BCUT2D eigenvalue weighted by Gasteiger charge is 2.19. The van der Waals surface area contributed by atoms with Gasteiger partial charge in [0.1, 0.15) is 11.6 Å². The minimum Gasteiger partial charge on any atom is -0.292 e. The maximum absolute atomic E-state index is 10.1. The molecule has 11 nitrogen and oxygen atoms in total. The van der Waals surface area contributed by atoms with Crippen molar-refractivity contribution in [2.45, 2.75) is 6.92 Å². The first-order valence-electron chi connectivity index (χ1n) is 27.9. The Balaban J connectivity index is 0.000000144. The lowest BCUT2D eigenvalue weighted by atomic mass is 9.94. The van der Waals surface area contributed by atoms with Crippen LogP contribution in [0.25, 0.3) is 144 Å². The highest BCUT2D eigenvalue weighted by molar-refractivity contribution is 6.09. The Labute approximate surface area is 488 Å². The molecule has 16 aromatic rings. The van der Waals surface area contributed by atoms with Gasteiger partial charge in [0.05, 0.1) is 73.9 Å². The quantitative estimate of drug-likeness (QED) is 0.146. The molecular weight excluding hydrogens is 1040 g/mol. The second kappa shape index (κ2) is 21.2. The SMILES string of the molecule is Cc1ccc(-c2cc(-c3cccnc3)nc(-c3ccc(-n4c5ccccc5c5ncccc54)nc3)c2)c2ccccc12.N#Cc1ccc2ccccc2c1-c1cc(-c2ccc(-n3c4ccccc4c4ccncc43)nc2)cc(-c2ccccn2)n1. The molecule has 0 fully saturated rings. The number of aromatic nitrogens is 10. The van der Waals surface area contributed by atoms with E-state index in [1.807, 2.05) is 140 Å². The van der Waals surface area contributed by atoms with Crippen molar-refractivity contribution in [2.24, 2.45) is 0 Å². The van der Waals surface area contributed by atoms with Gasteiger partial charge in [-0.2, -0.15) is 5.26 Å². The number of aryl methyl sites for hydroxylation is 1. The highest BCUT2D eigenvalue weighted by atomic mass is 15.1. The average molecular weight is 1090 g/mol. The van der Waals surface area contributed by atoms with Gasteiger partial charge >= 0.3 is 0 Å². The van der Waals surface area contributed by atoms with Gasteiger partial charge in [0, 0.05) is 81.8 Å². The van der Waals surface area contributed by atoms with Gasteiger partial charge in [-0.25, -0.2) is 19.9 Å². The fourth-order valence-electron chi connectivity index (χ4n) is 11.8. The summed E-state index contributed by atoms with van der Waals surface area (Å²) in [5.41, 5.74) is 17.8. The normalized spacial score (nSPS) is 11.3. The van der Waals surface area contributed by atoms with Crippen LogP contribution in [0, 0.1) is 18.3 Å². The predicted octanol–water partition coefficient (Wildman–Crippen LogP) is 17.2. The summed E-state index contributed by atoms with van der Waals surface area (Å²) in [6, 6.07) is 76.5. The molecule has 398 valence electrons. The minimum absolute atomic E-state index is 0.573. The molecule has 0 saturated carbocycles. The highest BCUT2D eigenvalue weighted by Crippen LogP contribution is 2.39. The number of rotatable bonds is 8. The number of nitriles is 1. The molecule has 0 aliphatic rings. The van der Waals surface area contributed by atoms with E-state index in [4.69, 9.17) is 19.9 Å². The standard InChI is InChI=1S/C37H22N6.C37H25N5/c38-21-25-13-12-24-7-1-2-8-28(24)37(25)33-20-27(19-32(42-33)31-10-5-6-17-40-31)26-14-15-36(41-22-26)43-34-11-4-3-9-29(34)30-16-18-39-23-35(30)43;1-24-14-16-29(30-10-3-2-9-28(24)30)27-20-32(25-8-6-18-38-22-25)41-33(21-27)26-15-17-36(40-23-26)42-34-12-5-4-11-31(34)37-35(42)13-7-19-39-37/h1-20,22-23H;2-23H,1H3. The lowest BCUT2D eigenvalue weighted by Crippen LogP contribution is -1.98. The number of nitrogens with zero attached hydrogens (tertiary/aromatic N) is 11. The van der Waals surface area contributed by atoms with E-state index in [-0.39, 0.29) is 0 Å². The van der Waals surface area contributed by atoms with E-state index in [1.54, 1.807) is 12.4 Å². The fraction of sp³-hybridized carbons (Fsp3) is 0.0135. The van der Waals surface area contributed by atoms with Crippen LogP contribution in [0.2, 0.25) is 0 Å². The molecule has 0 aliphatic heterocycles. The average Bonchev–Trinajstić information content (AvgIpc) is 2.57. The van der Waals surface area contributed by atoms with Crippen LogP contribution in [0.15, 0.2) is 268 Å². The molecule has 10 heterocycles. The monoisotopic (exact) mass is 1090 g/mol. The molecule has 10 aromatic heterocycles. The molecule has 16 rings (SSSR count). The van der Waals surface area contributed by atoms with E-state index in [0.29, 0.717) is 11.3 Å². The lowest BCUT2D eigenvalue weighted by molar-refractivity contribution is 1.08. The number of pyridine rings is 8. The Bertz CT molecular complexity index is 5160. The van der Waals surface area contributed by atoms with E-state index >= 15 is 0 Å². The smallest absolute Gasteiger partial charge is 0.137 e. The first-order chi connectivity index (χ1) is 42.0. The van der Waals surface area contributed by atoms with Crippen LogP contribution in [0.1, 0.15) is 11.1 Å². The topological polar surface area (TPSA) is 137 Å². The van der Waals surface area contributed by atoms with Gasteiger partial charge in [-0.1, -0.05) is 109 Å². The van der Waals surface area contributed by atoms with E-state index in [0.717, 1.165) is 122 Å². The van der Waals surface area contributed by atoms with Crippen molar-refractivity contribution in [3.8, 4) is 85.1 Å².